The van der Waals surface area contributed by atoms with Crippen LogP contribution in [0.5, 0.6) is 11.5 Å². The van der Waals surface area contributed by atoms with E-state index >= 15 is 0 Å². The maximum Gasteiger partial charge on any atom is 0.266 e. The van der Waals surface area contributed by atoms with Crippen LogP contribution in [0, 0.1) is 20.7 Å². The van der Waals surface area contributed by atoms with E-state index in [1.165, 1.54) is 12.1 Å². The smallest absolute Gasteiger partial charge is 0.266 e. The maximum absolute atomic E-state index is 14.2. The molecule has 3 aromatic rings. The molecule has 0 saturated carbocycles. The van der Waals surface area contributed by atoms with Gasteiger partial charge in [0.2, 0.25) is 0 Å². The molecule has 0 aromatic heterocycles. The van der Waals surface area contributed by atoms with Crippen molar-refractivity contribution in [3.63, 3.8) is 0 Å². The van der Waals surface area contributed by atoms with Gasteiger partial charge < -0.3 is 14.8 Å². The molecule has 0 atom stereocenters. The number of nitriles is 1. The Labute approximate surface area is 212 Å². The second-order valence-electron chi connectivity index (χ2n) is 7.26. The number of ether oxygens (including phenoxy) is 2. The average Bonchev–Trinajstić information content (AvgIpc) is 2.82. The Morgan fingerprint density at radius 1 is 1.09 bits per heavy atom. The Balaban J connectivity index is 1.86. The van der Waals surface area contributed by atoms with Gasteiger partial charge in [-0.25, -0.2) is 4.39 Å². The number of amides is 1. The van der Waals surface area contributed by atoms with Crippen molar-refractivity contribution in [1.82, 2.24) is 0 Å². The first kappa shape index (κ1) is 25.2. The number of anilines is 1. The van der Waals surface area contributed by atoms with Gasteiger partial charge in [0.05, 0.1) is 13.2 Å². The summed E-state index contributed by atoms with van der Waals surface area (Å²) in [7, 11) is 0. The highest BCUT2D eigenvalue weighted by Crippen LogP contribution is 2.30. The van der Waals surface area contributed by atoms with Crippen LogP contribution in [0.3, 0.4) is 0 Å². The van der Waals surface area contributed by atoms with Crippen LogP contribution >= 0.6 is 22.6 Å². The van der Waals surface area contributed by atoms with Crippen molar-refractivity contribution in [3.8, 4) is 17.6 Å². The Kier molecular flexibility index (Phi) is 9.05. The minimum absolute atomic E-state index is 0.0472. The molecule has 0 fully saturated rings. The number of hydrogen-bond acceptors (Lipinski definition) is 4. The third-order valence-corrected chi connectivity index (χ3v) is 5.86. The number of carbonyl (C=O) groups excluding carboxylic acids is 1. The normalized spacial score (nSPS) is 11.0. The Hall–Kier alpha value is -3.38. The van der Waals surface area contributed by atoms with E-state index < -0.39 is 5.91 Å². The molecule has 0 heterocycles. The fourth-order valence-electron chi connectivity index (χ4n) is 3.32. The fraction of sp³-hybridized carbons (Fsp3) is 0.185. The molecule has 0 spiro atoms. The third-order valence-electron chi connectivity index (χ3n) is 4.90. The molecule has 0 aliphatic rings. The van der Waals surface area contributed by atoms with Crippen LogP contribution in [0.1, 0.15) is 30.5 Å². The number of rotatable bonds is 9. The molecular weight excluding hydrogens is 546 g/mol. The SMILES string of the molecule is CCOc1ccc(NC(=O)/C(C#N)=C/c2cc(I)c(Cc3ccccc3F)c(OCC)c2)cc1. The number of hydrogen-bond donors (Lipinski definition) is 1. The third kappa shape index (κ3) is 6.58. The monoisotopic (exact) mass is 570 g/mol. The van der Waals surface area contributed by atoms with Crippen LogP contribution in [-0.2, 0) is 11.2 Å². The molecule has 34 heavy (non-hydrogen) atoms. The van der Waals surface area contributed by atoms with E-state index in [-0.39, 0.29) is 11.4 Å². The zero-order valence-corrected chi connectivity index (χ0v) is 21.1. The van der Waals surface area contributed by atoms with E-state index in [9.17, 15) is 14.4 Å². The van der Waals surface area contributed by atoms with Gasteiger partial charge in [0.15, 0.2) is 0 Å². The summed E-state index contributed by atoms with van der Waals surface area (Å²) >= 11 is 2.17. The molecule has 3 rings (SSSR count). The zero-order chi connectivity index (χ0) is 24.5. The van der Waals surface area contributed by atoms with Gasteiger partial charge in [-0.2, -0.15) is 5.26 Å². The van der Waals surface area contributed by atoms with Crippen LogP contribution in [0.4, 0.5) is 10.1 Å². The fourth-order valence-corrected chi connectivity index (χ4v) is 4.13. The lowest BCUT2D eigenvalue weighted by Crippen LogP contribution is -2.13. The molecule has 0 unspecified atom stereocenters. The number of carbonyl (C=O) groups is 1. The van der Waals surface area contributed by atoms with Crippen molar-refractivity contribution in [2.75, 3.05) is 18.5 Å². The van der Waals surface area contributed by atoms with Crippen molar-refractivity contribution in [1.29, 1.82) is 5.26 Å². The van der Waals surface area contributed by atoms with Gasteiger partial charge in [-0.05, 0) is 96.1 Å². The highest BCUT2D eigenvalue weighted by molar-refractivity contribution is 14.1. The lowest BCUT2D eigenvalue weighted by Gasteiger charge is -2.14. The maximum atomic E-state index is 14.2. The molecule has 0 aliphatic heterocycles. The number of benzene rings is 3. The summed E-state index contributed by atoms with van der Waals surface area (Å²) in [5, 5.41) is 12.3. The van der Waals surface area contributed by atoms with Crippen LogP contribution in [0.15, 0.2) is 66.2 Å². The van der Waals surface area contributed by atoms with Crippen molar-refractivity contribution >= 4 is 40.3 Å². The molecule has 7 heteroatoms. The summed E-state index contributed by atoms with van der Waals surface area (Å²) in [6.45, 7) is 4.74. The van der Waals surface area contributed by atoms with E-state index in [2.05, 4.69) is 27.9 Å². The summed E-state index contributed by atoms with van der Waals surface area (Å²) in [6.07, 6.45) is 1.88. The first-order valence-electron chi connectivity index (χ1n) is 10.8. The second kappa shape index (κ2) is 12.2. The van der Waals surface area contributed by atoms with Gasteiger partial charge in [0.25, 0.3) is 5.91 Å². The molecule has 5 nitrogen and oxygen atoms in total. The number of nitrogens with zero attached hydrogens (tertiary/aromatic N) is 1. The second-order valence-corrected chi connectivity index (χ2v) is 8.42. The van der Waals surface area contributed by atoms with Crippen LogP contribution < -0.4 is 14.8 Å². The lowest BCUT2D eigenvalue weighted by molar-refractivity contribution is -0.112. The van der Waals surface area contributed by atoms with Crippen molar-refractivity contribution in [3.05, 3.63) is 92.3 Å². The first-order chi connectivity index (χ1) is 16.4. The number of halogens is 2. The van der Waals surface area contributed by atoms with Crippen LogP contribution in [0.25, 0.3) is 6.08 Å². The van der Waals surface area contributed by atoms with Gasteiger partial charge in [-0.3, -0.25) is 4.79 Å². The molecule has 0 radical (unpaired) electrons. The predicted octanol–water partition coefficient (Wildman–Crippen LogP) is 6.36. The Morgan fingerprint density at radius 2 is 1.79 bits per heavy atom. The molecule has 3 aromatic carbocycles. The molecule has 0 saturated heterocycles. The first-order valence-corrected chi connectivity index (χ1v) is 11.9. The van der Waals surface area contributed by atoms with E-state index in [4.69, 9.17) is 9.47 Å². The largest absolute Gasteiger partial charge is 0.494 e. The lowest BCUT2D eigenvalue weighted by atomic mass is 10.0. The van der Waals surface area contributed by atoms with E-state index in [1.54, 1.807) is 48.5 Å². The summed E-state index contributed by atoms with van der Waals surface area (Å²) in [5.74, 6) is 0.496. The topological polar surface area (TPSA) is 71.3 Å². The van der Waals surface area contributed by atoms with Gasteiger partial charge in [-0.15, -0.1) is 0 Å². The van der Waals surface area contributed by atoms with Gasteiger partial charge in [0, 0.05) is 21.2 Å². The Morgan fingerprint density at radius 3 is 2.44 bits per heavy atom. The van der Waals surface area contributed by atoms with E-state index in [1.807, 2.05) is 26.0 Å². The van der Waals surface area contributed by atoms with Crippen molar-refractivity contribution in [2.45, 2.75) is 20.3 Å². The van der Waals surface area contributed by atoms with Crippen molar-refractivity contribution in [2.24, 2.45) is 0 Å². The zero-order valence-electron chi connectivity index (χ0n) is 18.9. The minimum atomic E-state index is -0.518. The van der Waals surface area contributed by atoms with E-state index in [0.29, 0.717) is 47.9 Å². The molecule has 0 aliphatic carbocycles. The quantitative estimate of drug-likeness (QED) is 0.185. The molecule has 0 bridgehead atoms. The summed E-state index contributed by atoms with van der Waals surface area (Å²) in [6, 6.07) is 19.1. The van der Waals surface area contributed by atoms with Gasteiger partial charge in [0.1, 0.15) is 29.0 Å². The van der Waals surface area contributed by atoms with Gasteiger partial charge in [-0.1, -0.05) is 18.2 Å². The average molecular weight is 570 g/mol. The van der Waals surface area contributed by atoms with E-state index in [0.717, 1.165) is 9.13 Å². The highest BCUT2D eigenvalue weighted by Gasteiger charge is 2.15. The summed E-state index contributed by atoms with van der Waals surface area (Å²) in [5.41, 5.74) is 2.57. The van der Waals surface area contributed by atoms with Gasteiger partial charge >= 0.3 is 0 Å². The molecule has 1 N–H and O–H groups in total. The van der Waals surface area contributed by atoms with Crippen LogP contribution in [-0.4, -0.2) is 19.1 Å². The minimum Gasteiger partial charge on any atom is -0.494 e. The standard InChI is InChI=1S/C27H24FIN2O3/c1-3-33-22-11-9-21(10-12-22)31-27(32)20(17-30)13-18-14-25(29)23(26(15-18)34-4-2)16-19-7-5-6-8-24(19)28/h5-15H,3-4,16H2,1-2H3,(H,31,32)/b20-13+. The molecular formula is C27H24FIN2O3. The molecule has 174 valence electrons. The predicted molar refractivity (Wildman–Crippen MR) is 139 cm³/mol. The summed E-state index contributed by atoms with van der Waals surface area (Å²) in [4.78, 5) is 12.7. The highest BCUT2D eigenvalue weighted by atomic mass is 127. The molecule has 1 amide bonds. The Bertz CT molecular complexity index is 1230. The summed E-state index contributed by atoms with van der Waals surface area (Å²) < 4.78 is 26.3. The number of nitrogens with one attached hydrogen (secondary N) is 1. The van der Waals surface area contributed by atoms with Crippen molar-refractivity contribution < 1.29 is 18.7 Å². The van der Waals surface area contributed by atoms with Crippen LogP contribution in [0.2, 0.25) is 0 Å².